The first kappa shape index (κ1) is 27.8. The molecule has 10 heteroatoms. The Labute approximate surface area is 241 Å². The Morgan fingerprint density at radius 2 is 1.85 bits per heavy atom. The highest BCUT2D eigenvalue weighted by molar-refractivity contribution is 6.35. The van der Waals surface area contributed by atoms with Gasteiger partial charge in [0.2, 0.25) is 0 Å². The molecule has 0 bridgehead atoms. The van der Waals surface area contributed by atoms with Crippen LogP contribution in [-0.2, 0) is 0 Å². The lowest BCUT2D eigenvalue weighted by atomic mass is 9.94. The van der Waals surface area contributed by atoms with Gasteiger partial charge in [-0.1, -0.05) is 42.8 Å². The van der Waals surface area contributed by atoms with E-state index in [0.29, 0.717) is 35.7 Å². The monoisotopic (exact) mass is 584 g/mol. The first-order valence-corrected chi connectivity index (χ1v) is 14.4. The number of aromatic nitrogens is 2. The number of aromatic hydroxyl groups is 1. The zero-order chi connectivity index (χ0) is 28.9. The molecule has 2 fully saturated rings. The number of rotatable bonds is 7. The third-order valence-corrected chi connectivity index (χ3v) is 8.41. The van der Waals surface area contributed by atoms with Crippen molar-refractivity contribution in [3.8, 4) is 22.9 Å². The van der Waals surface area contributed by atoms with Gasteiger partial charge in [-0.15, -0.1) is 0 Å². The molecule has 4 aromatic rings. The summed E-state index contributed by atoms with van der Waals surface area (Å²) in [6, 6.07) is 12.4. The van der Waals surface area contributed by atoms with Gasteiger partial charge in [-0.2, -0.15) is 9.97 Å². The average Bonchev–Trinajstić information content (AvgIpc) is 2.91. The van der Waals surface area contributed by atoms with Crippen LogP contribution in [-0.4, -0.2) is 64.7 Å². The van der Waals surface area contributed by atoms with E-state index in [9.17, 15) is 13.9 Å². The number of nitrogens with zero attached hydrogens (tertiary/aromatic N) is 4. The van der Waals surface area contributed by atoms with Crippen LogP contribution >= 0.6 is 11.6 Å². The number of fused-ring (bicyclic) bond motifs is 2. The summed E-state index contributed by atoms with van der Waals surface area (Å²) in [4.78, 5) is 13.0. The number of piperidine rings is 1. The minimum atomic E-state index is -2.61. The van der Waals surface area contributed by atoms with Crippen LogP contribution in [0.25, 0.3) is 32.8 Å². The second-order valence-electron chi connectivity index (χ2n) is 11.4. The lowest BCUT2D eigenvalue weighted by Crippen LogP contribution is -2.56. The summed E-state index contributed by atoms with van der Waals surface area (Å²) in [5.74, 6) is -2.26. The smallest absolute Gasteiger partial charge is 0.319 e. The molecule has 2 saturated heterocycles. The number of anilines is 1. The molecule has 0 aliphatic carbocycles. The number of likely N-dealkylation sites (tertiary alicyclic amines) is 1. The molecule has 3 aromatic carbocycles. The van der Waals surface area contributed by atoms with Crippen molar-refractivity contribution in [3.05, 3.63) is 53.3 Å². The Morgan fingerprint density at radius 1 is 1.07 bits per heavy atom. The highest BCUT2D eigenvalue weighted by Crippen LogP contribution is 2.43. The maximum atomic E-state index is 16.6. The quantitative estimate of drug-likeness (QED) is 0.230. The zero-order valence-corrected chi connectivity index (χ0v) is 23.8. The number of ether oxygens (including phenoxy) is 1. The molecule has 216 valence electrons. The standard InChI is InChI=1S/C31H32ClF3N4O2/c1-18-8-9-19(2)39(15-18)29-24-14-25(32)26(23-13-21(40)12-20-6-3-4-7-22(20)23)27(33)28(24)36-30(37-29)41-11-5-10-38-16-31(34,35)17-38/h3-4,6-7,12-14,18-19,40H,5,8-11,15-17H2,1-2H3/t18-,19-/m0/s1. The van der Waals surface area contributed by atoms with Gasteiger partial charge < -0.3 is 14.7 Å². The maximum Gasteiger partial charge on any atom is 0.319 e. The molecule has 0 amide bonds. The molecule has 6 nitrogen and oxygen atoms in total. The third kappa shape index (κ3) is 5.49. The van der Waals surface area contributed by atoms with E-state index in [1.165, 1.54) is 6.07 Å². The number of alkyl halides is 2. The molecule has 41 heavy (non-hydrogen) atoms. The molecule has 1 aromatic heterocycles. The van der Waals surface area contributed by atoms with Gasteiger partial charge >= 0.3 is 6.01 Å². The molecule has 0 unspecified atom stereocenters. The summed E-state index contributed by atoms with van der Waals surface area (Å²) in [5.41, 5.74) is 0.671. The zero-order valence-electron chi connectivity index (χ0n) is 23.0. The predicted molar refractivity (Wildman–Crippen MR) is 156 cm³/mol. The van der Waals surface area contributed by atoms with E-state index in [2.05, 4.69) is 23.7 Å². The maximum absolute atomic E-state index is 16.6. The fraction of sp³-hybridized carbons (Fsp3) is 0.419. The lowest BCUT2D eigenvalue weighted by Gasteiger charge is -2.38. The van der Waals surface area contributed by atoms with E-state index in [4.69, 9.17) is 21.3 Å². The van der Waals surface area contributed by atoms with Crippen molar-refractivity contribution in [2.75, 3.05) is 37.7 Å². The van der Waals surface area contributed by atoms with Crippen LogP contribution < -0.4 is 9.64 Å². The molecular formula is C31H32ClF3N4O2. The second kappa shape index (κ2) is 10.8. The van der Waals surface area contributed by atoms with E-state index in [-0.39, 0.29) is 53.6 Å². The predicted octanol–water partition coefficient (Wildman–Crippen LogP) is 7.29. The van der Waals surface area contributed by atoms with Crippen molar-refractivity contribution in [1.29, 1.82) is 0 Å². The Bertz CT molecular complexity index is 1610. The van der Waals surface area contributed by atoms with Crippen molar-refractivity contribution in [1.82, 2.24) is 14.9 Å². The van der Waals surface area contributed by atoms with Crippen molar-refractivity contribution in [2.24, 2.45) is 5.92 Å². The summed E-state index contributed by atoms with van der Waals surface area (Å²) >= 11 is 6.80. The summed E-state index contributed by atoms with van der Waals surface area (Å²) < 4.78 is 48.8. The van der Waals surface area contributed by atoms with Gasteiger partial charge in [0.15, 0.2) is 5.82 Å². The van der Waals surface area contributed by atoms with Gasteiger partial charge in [-0.25, -0.2) is 13.2 Å². The van der Waals surface area contributed by atoms with Crippen molar-refractivity contribution in [2.45, 2.75) is 45.1 Å². The molecule has 2 aliphatic rings. The molecule has 6 rings (SSSR count). The van der Waals surface area contributed by atoms with Crippen LogP contribution in [0.4, 0.5) is 19.0 Å². The molecule has 2 atom stereocenters. The molecule has 2 aliphatic heterocycles. The highest BCUT2D eigenvalue weighted by atomic mass is 35.5. The average molecular weight is 585 g/mol. The molecule has 0 saturated carbocycles. The Kier molecular flexibility index (Phi) is 7.36. The van der Waals surface area contributed by atoms with Gasteiger partial charge in [-0.05, 0) is 66.6 Å². The van der Waals surface area contributed by atoms with Crippen molar-refractivity contribution >= 4 is 39.1 Å². The van der Waals surface area contributed by atoms with E-state index in [1.54, 1.807) is 17.0 Å². The Hall–Kier alpha value is -3.30. The first-order chi connectivity index (χ1) is 19.6. The normalized spacial score (nSPS) is 20.9. The number of phenols is 1. The van der Waals surface area contributed by atoms with E-state index in [0.717, 1.165) is 30.2 Å². The van der Waals surface area contributed by atoms with Crippen molar-refractivity contribution < 1.29 is 23.0 Å². The van der Waals surface area contributed by atoms with Gasteiger partial charge in [-0.3, -0.25) is 4.90 Å². The lowest BCUT2D eigenvalue weighted by molar-refractivity contribution is -0.130. The largest absolute Gasteiger partial charge is 0.508 e. The molecular weight excluding hydrogens is 553 g/mol. The molecule has 0 radical (unpaired) electrons. The van der Waals surface area contributed by atoms with Gasteiger partial charge in [0.1, 0.15) is 17.1 Å². The number of hydrogen-bond donors (Lipinski definition) is 1. The van der Waals surface area contributed by atoms with Gasteiger partial charge in [0.25, 0.3) is 5.92 Å². The van der Waals surface area contributed by atoms with Crippen molar-refractivity contribution in [3.63, 3.8) is 0 Å². The fourth-order valence-electron chi connectivity index (χ4n) is 5.99. The third-order valence-electron chi connectivity index (χ3n) is 8.11. The second-order valence-corrected chi connectivity index (χ2v) is 11.8. The summed E-state index contributed by atoms with van der Waals surface area (Å²) in [7, 11) is 0. The molecule has 1 N–H and O–H groups in total. The first-order valence-electron chi connectivity index (χ1n) is 14.0. The van der Waals surface area contributed by atoms with Crippen LogP contribution in [0.1, 0.15) is 33.1 Å². The number of halogens is 4. The number of benzene rings is 3. The fourth-order valence-corrected chi connectivity index (χ4v) is 6.29. The van der Waals surface area contributed by atoms with Crippen LogP contribution in [0.3, 0.4) is 0 Å². The SMILES string of the molecule is C[C@H]1CC[C@H](C)N(c2nc(OCCCN3CC(F)(F)C3)nc3c(F)c(-c4cc(O)cc5ccccc45)c(Cl)cc23)C1. The van der Waals surface area contributed by atoms with Gasteiger partial charge in [0, 0.05) is 30.1 Å². The number of hydrogen-bond acceptors (Lipinski definition) is 6. The van der Waals surface area contributed by atoms with Crippen LogP contribution in [0.5, 0.6) is 11.8 Å². The van der Waals surface area contributed by atoms with E-state index < -0.39 is 11.7 Å². The number of phenolic OH excluding ortho intramolecular Hbond substituents is 1. The summed E-state index contributed by atoms with van der Waals surface area (Å²) in [6.45, 7) is 5.23. The minimum absolute atomic E-state index is 0.00208. The molecule has 3 heterocycles. The van der Waals surface area contributed by atoms with Crippen LogP contribution in [0.15, 0.2) is 42.5 Å². The van der Waals surface area contributed by atoms with Crippen LogP contribution in [0.2, 0.25) is 5.02 Å². The van der Waals surface area contributed by atoms with E-state index in [1.807, 2.05) is 24.3 Å². The van der Waals surface area contributed by atoms with Gasteiger partial charge in [0.05, 0.1) is 24.7 Å². The minimum Gasteiger partial charge on any atom is -0.508 e. The van der Waals surface area contributed by atoms with Crippen LogP contribution in [0, 0.1) is 11.7 Å². The Morgan fingerprint density at radius 3 is 2.63 bits per heavy atom. The highest BCUT2D eigenvalue weighted by Gasteiger charge is 2.43. The van der Waals surface area contributed by atoms with E-state index >= 15 is 4.39 Å². The summed E-state index contributed by atoms with van der Waals surface area (Å²) in [5, 5.41) is 12.6. The summed E-state index contributed by atoms with van der Waals surface area (Å²) in [6.07, 6.45) is 2.56. The topological polar surface area (TPSA) is 61.7 Å². The Balaban J connectivity index is 1.42. The molecule has 0 spiro atoms.